The lowest BCUT2D eigenvalue weighted by Gasteiger charge is -2.67. The molecule has 34 heavy (non-hydrogen) atoms. The van der Waals surface area contributed by atoms with Gasteiger partial charge in [-0.2, -0.15) is 0 Å². The van der Waals surface area contributed by atoms with Crippen LogP contribution in [0, 0.1) is 39.4 Å². The van der Waals surface area contributed by atoms with E-state index in [1.54, 1.807) is 13.0 Å². The predicted molar refractivity (Wildman–Crippen MR) is 136 cm³/mol. The average Bonchev–Trinajstić information content (AvgIpc) is 3.03. The van der Waals surface area contributed by atoms with Crippen molar-refractivity contribution in [2.75, 3.05) is 0 Å². The molecule has 8 atom stereocenters. The summed E-state index contributed by atoms with van der Waals surface area (Å²) in [6.07, 6.45) is 14.4. The Kier molecular flexibility index (Phi) is 6.09. The molecule has 3 saturated carbocycles. The molecule has 0 saturated heterocycles. The molecule has 0 unspecified atom stereocenters. The molecule has 0 heterocycles. The number of carboxylic acids is 1. The second-order valence-corrected chi connectivity index (χ2v) is 13.4. The molecule has 0 aromatic carbocycles. The normalized spacial score (nSPS) is 46.9. The highest BCUT2D eigenvalue weighted by Gasteiger charge is 2.69. The van der Waals surface area contributed by atoms with E-state index in [1.165, 1.54) is 5.57 Å². The third kappa shape index (κ3) is 3.34. The van der Waals surface area contributed by atoms with Gasteiger partial charge in [0.25, 0.3) is 0 Å². The number of aliphatic carboxylic acids is 1. The van der Waals surface area contributed by atoms with Gasteiger partial charge < -0.3 is 15.3 Å². The highest BCUT2D eigenvalue weighted by atomic mass is 16.4. The number of hydrogen-bond acceptors (Lipinski definition) is 3. The van der Waals surface area contributed by atoms with Crippen LogP contribution in [0.25, 0.3) is 0 Å². The quantitative estimate of drug-likeness (QED) is 0.256. The Morgan fingerprint density at radius 2 is 1.71 bits per heavy atom. The Balaban J connectivity index is 1.68. The van der Waals surface area contributed by atoms with E-state index in [1.807, 2.05) is 6.08 Å². The summed E-state index contributed by atoms with van der Waals surface area (Å²) in [5.41, 5.74) is 0.733. The summed E-state index contributed by atoms with van der Waals surface area (Å²) < 4.78 is 0. The van der Waals surface area contributed by atoms with Crippen molar-refractivity contribution in [1.82, 2.24) is 0 Å². The number of aliphatic hydroxyl groups is 2. The Morgan fingerprint density at radius 3 is 2.35 bits per heavy atom. The van der Waals surface area contributed by atoms with Crippen LogP contribution in [0.4, 0.5) is 0 Å². The van der Waals surface area contributed by atoms with Gasteiger partial charge in [-0.15, -0.1) is 0 Å². The van der Waals surface area contributed by atoms with E-state index >= 15 is 0 Å². The second kappa shape index (κ2) is 8.06. The van der Waals surface area contributed by atoms with Gasteiger partial charge >= 0.3 is 5.97 Å². The fourth-order valence-corrected chi connectivity index (χ4v) is 9.09. The summed E-state index contributed by atoms with van der Waals surface area (Å²) in [4.78, 5) is 11.1. The van der Waals surface area contributed by atoms with Crippen molar-refractivity contribution in [2.45, 2.75) is 105 Å². The van der Waals surface area contributed by atoms with Gasteiger partial charge in [-0.1, -0.05) is 71.4 Å². The van der Waals surface area contributed by atoms with Crippen molar-refractivity contribution in [2.24, 2.45) is 39.4 Å². The number of aliphatic hydroxyl groups excluding tert-OH is 1. The summed E-state index contributed by atoms with van der Waals surface area (Å²) >= 11 is 0. The average molecular weight is 471 g/mol. The highest BCUT2D eigenvalue weighted by molar-refractivity contribution is 5.86. The molecule has 0 bridgehead atoms. The lowest BCUT2D eigenvalue weighted by Crippen LogP contribution is -2.68. The van der Waals surface area contributed by atoms with Gasteiger partial charge in [-0.25, -0.2) is 4.79 Å². The number of carbonyl (C=O) groups is 1. The fourth-order valence-electron chi connectivity index (χ4n) is 9.09. The van der Waals surface area contributed by atoms with Crippen LogP contribution < -0.4 is 0 Å². The molecule has 0 radical (unpaired) electrons. The molecule has 0 aromatic heterocycles. The molecular weight excluding hydrogens is 424 g/mol. The van der Waals surface area contributed by atoms with E-state index in [0.717, 1.165) is 38.5 Å². The van der Waals surface area contributed by atoms with Crippen molar-refractivity contribution < 1.29 is 20.1 Å². The van der Waals surface area contributed by atoms with Crippen molar-refractivity contribution in [3.8, 4) is 0 Å². The van der Waals surface area contributed by atoms with Gasteiger partial charge in [-0.3, -0.25) is 0 Å². The predicted octanol–water partition coefficient (Wildman–Crippen LogP) is 6.29. The first-order valence-corrected chi connectivity index (χ1v) is 13.3. The molecular formula is C30H46O4. The molecule has 0 aliphatic heterocycles. The van der Waals surface area contributed by atoms with Gasteiger partial charge in [0.15, 0.2) is 0 Å². The Hall–Kier alpha value is -1.39. The van der Waals surface area contributed by atoms with E-state index < -0.39 is 11.6 Å². The Labute approximate surface area is 206 Å². The first-order chi connectivity index (χ1) is 15.6. The summed E-state index contributed by atoms with van der Waals surface area (Å²) in [6, 6.07) is 0. The molecule has 4 aliphatic carbocycles. The van der Waals surface area contributed by atoms with Crippen LogP contribution in [0.1, 0.15) is 93.4 Å². The zero-order valence-corrected chi connectivity index (χ0v) is 22.3. The fraction of sp³-hybridized carbons (Fsp3) is 0.767. The smallest absolute Gasteiger partial charge is 0.331 e. The Bertz CT molecular complexity index is 943. The number of allylic oxidation sites excluding steroid dienone is 4. The molecule has 4 heteroatoms. The first kappa shape index (κ1) is 25.7. The van der Waals surface area contributed by atoms with Crippen LogP contribution >= 0.6 is 0 Å². The minimum absolute atomic E-state index is 0.0112. The summed E-state index contributed by atoms with van der Waals surface area (Å²) in [5, 5.41) is 32.5. The molecule has 4 aliphatic rings. The molecule has 4 rings (SSSR count). The Morgan fingerprint density at radius 1 is 1.06 bits per heavy atom. The molecule has 3 fully saturated rings. The number of hydrogen-bond donors (Lipinski definition) is 3. The minimum Gasteiger partial charge on any atom is -0.478 e. The van der Waals surface area contributed by atoms with E-state index in [4.69, 9.17) is 5.11 Å². The van der Waals surface area contributed by atoms with E-state index in [0.29, 0.717) is 17.9 Å². The van der Waals surface area contributed by atoms with Crippen LogP contribution in [0.5, 0.6) is 0 Å². The zero-order valence-electron chi connectivity index (χ0n) is 22.3. The maximum atomic E-state index is 12.5. The van der Waals surface area contributed by atoms with E-state index in [-0.39, 0.29) is 39.6 Å². The topological polar surface area (TPSA) is 77.8 Å². The number of rotatable bonds is 4. The maximum Gasteiger partial charge on any atom is 0.331 e. The van der Waals surface area contributed by atoms with Gasteiger partial charge in [0.05, 0.1) is 11.7 Å². The third-order valence-electron chi connectivity index (χ3n) is 11.6. The van der Waals surface area contributed by atoms with Crippen LogP contribution in [-0.2, 0) is 4.79 Å². The van der Waals surface area contributed by atoms with Gasteiger partial charge in [0, 0.05) is 11.0 Å². The molecule has 4 nitrogen and oxygen atoms in total. The van der Waals surface area contributed by atoms with Crippen molar-refractivity contribution in [1.29, 1.82) is 0 Å². The van der Waals surface area contributed by atoms with Crippen LogP contribution in [0.2, 0.25) is 0 Å². The van der Waals surface area contributed by atoms with Crippen molar-refractivity contribution in [3.63, 3.8) is 0 Å². The molecule has 0 aromatic rings. The molecule has 3 N–H and O–H groups in total. The largest absolute Gasteiger partial charge is 0.478 e. The minimum atomic E-state index is -0.881. The molecule has 190 valence electrons. The zero-order chi connectivity index (χ0) is 25.3. The first-order valence-electron chi connectivity index (χ1n) is 13.3. The summed E-state index contributed by atoms with van der Waals surface area (Å²) in [5.74, 6) is -0.0454. The van der Waals surface area contributed by atoms with Crippen LogP contribution in [0.15, 0.2) is 35.5 Å². The second-order valence-electron chi connectivity index (χ2n) is 13.4. The lowest BCUT2D eigenvalue weighted by molar-refractivity contribution is -0.249. The van der Waals surface area contributed by atoms with Gasteiger partial charge in [-0.05, 0) is 85.9 Å². The van der Waals surface area contributed by atoms with E-state index in [9.17, 15) is 15.0 Å². The monoisotopic (exact) mass is 470 g/mol. The highest BCUT2D eigenvalue weighted by Crippen LogP contribution is 2.72. The number of fused-ring (bicyclic) bond motifs is 5. The lowest BCUT2D eigenvalue weighted by atomic mass is 9.39. The molecule has 0 amide bonds. The molecule has 0 spiro atoms. The van der Waals surface area contributed by atoms with E-state index in [2.05, 4.69) is 53.7 Å². The van der Waals surface area contributed by atoms with Gasteiger partial charge in [0.1, 0.15) is 0 Å². The van der Waals surface area contributed by atoms with Crippen LogP contribution in [-0.4, -0.2) is 33.0 Å². The third-order valence-corrected chi connectivity index (χ3v) is 11.6. The number of carboxylic acid groups (broad SMARTS) is 1. The summed E-state index contributed by atoms with van der Waals surface area (Å²) in [6.45, 7) is 15.4. The van der Waals surface area contributed by atoms with Crippen molar-refractivity contribution >= 4 is 5.97 Å². The van der Waals surface area contributed by atoms with Crippen LogP contribution in [0.3, 0.4) is 0 Å². The maximum absolute atomic E-state index is 12.5. The summed E-state index contributed by atoms with van der Waals surface area (Å²) in [7, 11) is 0. The van der Waals surface area contributed by atoms with Crippen molar-refractivity contribution in [3.05, 3.63) is 35.5 Å². The SMILES string of the molecule is C/C(=C\C=C/[C@@H](C)[C@]1(C)CC[C@]2(C)C1=CC[C@@]1(O)[C@H]2CC[C@H]2C(C)(C)[C@H](O)CC[C@@]21C)C(=O)O. The van der Waals surface area contributed by atoms with Gasteiger partial charge in [0.2, 0.25) is 0 Å². The standard InChI is InChI=1S/C30H46O4/c1-19(25(32)33)9-8-10-20(2)27(5)17-18-28(6)22(27)13-16-30(34)23(28)12-11-21-26(3,4)24(31)14-15-29(21,30)7/h8-10,13,20-21,23-24,31,34H,11-12,14-18H2,1-7H3,(H,32,33)/b10-8-,19-9+/t20-,21+,23+,24-,27+,28-,29+,30-/m1/s1.